The Morgan fingerprint density at radius 1 is 0.391 bits per heavy atom. The normalized spacial score (nSPS) is 15.7. The molecule has 214 valence electrons. The number of para-hydroxylation sites is 1. The monoisotopic (exact) mass is 584 g/mol. The molecule has 46 heavy (non-hydrogen) atoms. The fourth-order valence-electron chi connectivity index (χ4n) is 8.30. The molecule has 1 nitrogen and oxygen atoms in total. The molecule has 1 aliphatic heterocycles. The van der Waals surface area contributed by atoms with E-state index in [-0.39, 0.29) is 0 Å². The molecule has 0 N–H and O–H groups in total. The van der Waals surface area contributed by atoms with E-state index in [1.54, 1.807) is 0 Å². The van der Waals surface area contributed by atoms with Crippen molar-refractivity contribution in [3.8, 4) is 44.9 Å². The van der Waals surface area contributed by atoms with E-state index < -0.39 is 5.41 Å². The first kappa shape index (κ1) is 25.4. The van der Waals surface area contributed by atoms with Gasteiger partial charge in [-0.3, -0.25) is 0 Å². The largest absolute Gasteiger partial charge is 0.456 e. The fraction of sp³-hybridized carbons (Fsp3) is 0.0222. The predicted octanol–water partition coefficient (Wildman–Crippen LogP) is 11.8. The van der Waals surface area contributed by atoms with Crippen LogP contribution in [0.5, 0.6) is 11.5 Å². The van der Waals surface area contributed by atoms with Gasteiger partial charge in [-0.05, 0) is 90.5 Å². The van der Waals surface area contributed by atoms with E-state index in [2.05, 4.69) is 164 Å². The SMILES string of the molecule is c1ccc(C2(c3ccccc3-c3cc4c5c(cccc5c3)Oc3ccccc3-4)c3ccccc3-c3c2ccc2ccccc32)cc1. The van der Waals surface area contributed by atoms with Crippen molar-refractivity contribution in [2.24, 2.45) is 0 Å². The van der Waals surface area contributed by atoms with Crippen LogP contribution in [0, 0.1) is 0 Å². The lowest BCUT2D eigenvalue weighted by atomic mass is 9.65. The van der Waals surface area contributed by atoms with Crippen LogP contribution in [0.2, 0.25) is 0 Å². The van der Waals surface area contributed by atoms with Gasteiger partial charge in [0.2, 0.25) is 0 Å². The van der Waals surface area contributed by atoms with Crippen LogP contribution in [0.4, 0.5) is 0 Å². The first-order valence-corrected chi connectivity index (χ1v) is 15.9. The second kappa shape index (κ2) is 9.54. The van der Waals surface area contributed by atoms with Gasteiger partial charge < -0.3 is 4.74 Å². The summed E-state index contributed by atoms with van der Waals surface area (Å²) in [5, 5.41) is 4.91. The van der Waals surface area contributed by atoms with Crippen molar-refractivity contribution in [3.05, 3.63) is 192 Å². The van der Waals surface area contributed by atoms with Gasteiger partial charge in [0.05, 0.1) is 5.41 Å². The molecule has 0 amide bonds. The van der Waals surface area contributed by atoms with E-state index in [9.17, 15) is 0 Å². The highest BCUT2D eigenvalue weighted by Crippen LogP contribution is 2.59. The summed E-state index contributed by atoms with van der Waals surface area (Å²) >= 11 is 0. The highest BCUT2D eigenvalue weighted by Gasteiger charge is 2.47. The van der Waals surface area contributed by atoms with Crippen molar-refractivity contribution in [1.82, 2.24) is 0 Å². The third-order valence-electron chi connectivity index (χ3n) is 10.1. The third-order valence-corrected chi connectivity index (χ3v) is 10.1. The molecule has 1 heteroatoms. The molecule has 8 aromatic rings. The summed E-state index contributed by atoms with van der Waals surface area (Å²) in [7, 11) is 0. The Balaban J connectivity index is 1.34. The average molecular weight is 585 g/mol. The molecule has 1 atom stereocenters. The van der Waals surface area contributed by atoms with Gasteiger partial charge in [0.25, 0.3) is 0 Å². The van der Waals surface area contributed by atoms with Crippen LogP contribution < -0.4 is 4.74 Å². The second-order valence-electron chi connectivity index (χ2n) is 12.4. The Morgan fingerprint density at radius 2 is 1.04 bits per heavy atom. The van der Waals surface area contributed by atoms with Crippen molar-refractivity contribution < 1.29 is 4.74 Å². The van der Waals surface area contributed by atoms with Gasteiger partial charge in [0, 0.05) is 10.9 Å². The minimum Gasteiger partial charge on any atom is -0.456 e. The minimum atomic E-state index is -0.511. The van der Waals surface area contributed by atoms with Gasteiger partial charge in [0.15, 0.2) is 0 Å². The number of hydrogen-bond acceptors (Lipinski definition) is 1. The molecule has 0 aromatic heterocycles. The molecule has 1 heterocycles. The summed E-state index contributed by atoms with van der Waals surface area (Å²) in [5.41, 5.74) is 12.1. The average Bonchev–Trinajstić information content (AvgIpc) is 3.43. The molecule has 2 aliphatic rings. The molecule has 0 fully saturated rings. The lowest BCUT2D eigenvalue weighted by Gasteiger charge is -2.36. The number of hydrogen-bond donors (Lipinski definition) is 0. The van der Waals surface area contributed by atoms with Crippen molar-refractivity contribution in [1.29, 1.82) is 0 Å². The molecule has 0 spiro atoms. The summed E-state index contributed by atoms with van der Waals surface area (Å²) in [6, 6.07) is 62.2. The van der Waals surface area contributed by atoms with Crippen LogP contribution in [-0.2, 0) is 5.41 Å². The van der Waals surface area contributed by atoms with Gasteiger partial charge in [-0.2, -0.15) is 0 Å². The summed E-state index contributed by atoms with van der Waals surface area (Å²) in [6.45, 7) is 0. The second-order valence-corrected chi connectivity index (χ2v) is 12.4. The lowest BCUT2D eigenvalue weighted by molar-refractivity contribution is 0.487. The van der Waals surface area contributed by atoms with E-state index in [0.29, 0.717) is 0 Å². The van der Waals surface area contributed by atoms with Crippen molar-refractivity contribution in [3.63, 3.8) is 0 Å². The first-order chi connectivity index (χ1) is 22.8. The van der Waals surface area contributed by atoms with Gasteiger partial charge in [-0.25, -0.2) is 0 Å². The molecule has 1 aliphatic carbocycles. The van der Waals surface area contributed by atoms with Crippen molar-refractivity contribution >= 4 is 21.5 Å². The number of fused-ring (bicyclic) bond motifs is 7. The van der Waals surface area contributed by atoms with Crippen LogP contribution in [0.3, 0.4) is 0 Å². The fourth-order valence-corrected chi connectivity index (χ4v) is 8.30. The molecule has 1 unspecified atom stereocenters. The Bertz CT molecular complexity index is 2510. The van der Waals surface area contributed by atoms with Crippen molar-refractivity contribution in [2.45, 2.75) is 5.41 Å². The first-order valence-electron chi connectivity index (χ1n) is 15.9. The van der Waals surface area contributed by atoms with Crippen LogP contribution in [0.1, 0.15) is 22.3 Å². The van der Waals surface area contributed by atoms with Crippen LogP contribution >= 0.6 is 0 Å². The summed E-state index contributed by atoms with van der Waals surface area (Å²) in [5.74, 6) is 1.82. The molecule has 8 aromatic carbocycles. The maximum Gasteiger partial charge on any atom is 0.135 e. The van der Waals surface area contributed by atoms with Gasteiger partial charge in [-0.15, -0.1) is 0 Å². The van der Waals surface area contributed by atoms with Gasteiger partial charge in [-0.1, -0.05) is 146 Å². The summed E-state index contributed by atoms with van der Waals surface area (Å²) in [4.78, 5) is 0. The lowest BCUT2D eigenvalue weighted by Crippen LogP contribution is -2.29. The number of benzene rings is 8. The number of ether oxygens (including phenoxy) is 1. The van der Waals surface area contributed by atoms with E-state index in [4.69, 9.17) is 4.74 Å². The molecule has 0 saturated heterocycles. The predicted molar refractivity (Wildman–Crippen MR) is 190 cm³/mol. The van der Waals surface area contributed by atoms with Gasteiger partial charge >= 0.3 is 0 Å². The van der Waals surface area contributed by atoms with E-state index in [1.807, 2.05) is 6.07 Å². The topological polar surface area (TPSA) is 9.23 Å². The maximum absolute atomic E-state index is 6.39. The van der Waals surface area contributed by atoms with Crippen LogP contribution in [0.25, 0.3) is 54.9 Å². The summed E-state index contributed by atoms with van der Waals surface area (Å²) in [6.07, 6.45) is 0. The van der Waals surface area contributed by atoms with Crippen molar-refractivity contribution in [2.75, 3.05) is 0 Å². The van der Waals surface area contributed by atoms with E-state index in [0.717, 1.165) is 17.1 Å². The molecular formula is C45H28O. The zero-order chi connectivity index (χ0) is 30.2. The minimum absolute atomic E-state index is 0.511. The molecule has 0 saturated carbocycles. The Labute approximate surface area is 268 Å². The smallest absolute Gasteiger partial charge is 0.135 e. The molecule has 10 rings (SSSR count). The molecular weight excluding hydrogens is 556 g/mol. The number of rotatable bonds is 3. The Morgan fingerprint density at radius 3 is 1.91 bits per heavy atom. The highest BCUT2D eigenvalue weighted by atomic mass is 16.5. The quantitative estimate of drug-likeness (QED) is 0.201. The van der Waals surface area contributed by atoms with Crippen LogP contribution in [0.15, 0.2) is 170 Å². The van der Waals surface area contributed by atoms with E-state index >= 15 is 0 Å². The van der Waals surface area contributed by atoms with E-state index in [1.165, 1.54) is 71.6 Å². The highest BCUT2D eigenvalue weighted by molar-refractivity contribution is 6.08. The van der Waals surface area contributed by atoms with Gasteiger partial charge in [0.1, 0.15) is 11.5 Å². The van der Waals surface area contributed by atoms with Crippen LogP contribution in [-0.4, -0.2) is 0 Å². The zero-order valence-electron chi connectivity index (χ0n) is 25.1. The summed E-state index contributed by atoms with van der Waals surface area (Å²) < 4.78 is 6.39. The zero-order valence-corrected chi connectivity index (χ0v) is 25.1. The maximum atomic E-state index is 6.39. The molecule has 0 radical (unpaired) electrons. The molecule has 0 bridgehead atoms. The third kappa shape index (κ3) is 3.35. The Kier molecular flexibility index (Phi) is 5.27. The standard InChI is InChI=1S/C45H28O/c1-2-15-32(16-3-1)45(39-22-10-7-20-36(39)44-34-18-5-4-13-29(34)25-26-40(44)45)38-21-9-6-17-33(38)31-27-30-14-12-24-42-43(30)37(28-31)35-19-8-11-23-41(35)46-42/h1-28H. The Hall–Kier alpha value is -5.92.